The van der Waals surface area contributed by atoms with Crippen molar-refractivity contribution in [2.24, 2.45) is 0 Å². The first-order chi connectivity index (χ1) is 12.1. The fourth-order valence-corrected chi connectivity index (χ4v) is 3.88. The fraction of sp³-hybridized carbons (Fsp3) is 0.368. The van der Waals surface area contributed by atoms with Gasteiger partial charge in [-0.2, -0.15) is 0 Å². The van der Waals surface area contributed by atoms with E-state index >= 15 is 0 Å². The zero-order chi connectivity index (χ0) is 17.4. The lowest BCUT2D eigenvalue weighted by Crippen LogP contribution is -2.40. The van der Waals surface area contributed by atoms with Gasteiger partial charge in [-0.3, -0.25) is 14.6 Å². The van der Waals surface area contributed by atoms with Crippen molar-refractivity contribution >= 4 is 11.8 Å². The van der Waals surface area contributed by atoms with Crippen molar-refractivity contribution in [1.29, 1.82) is 0 Å². The van der Waals surface area contributed by atoms with Gasteiger partial charge in [-0.05, 0) is 37.1 Å². The van der Waals surface area contributed by atoms with Gasteiger partial charge in [0.05, 0.1) is 12.1 Å². The molecule has 0 unspecified atom stereocenters. The maximum atomic E-state index is 12.8. The Bertz CT molecular complexity index is 808. The summed E-state index contributed by atoms with van der Waals surface area (Å²) in [6.07, 6.45) is 4.72. The van der Waals surface area contributed by atoms with E-state index in [-0.39, 0.29) is 23.9 Å². The van der Waals surface area contributed by atoms with Crippen LogP contribution in [-0.4, -0.2) is 50.2 Å². The number of aryl methyl sites for hydroxylation is 1. The quantitative estimate of drug-likeness (QED) is 0.857. The molecule has 6 heteroatoms. The van der Waals surface area contributed by atoms with Gasteiger partial charge in [-0.1, -0.05) is 12.1 Å². The second kappa shape index (κ2) is 6.27. The van der Waals surface area contributed by atoms with Crippen LogP contribution in [0.5, 0.6) is 0 Å². The highest BCUT2D eigenvalue weighted by molar-refractivity contribution is 5.94. The van der Waals surface area contributed by atoms with E-state index in [0.717, 1.165) is 17.7 Å². The molecule has 2 aliphatic rings. The Labute approximate surface area is 146 Å². The van der Waals surface area contributed by atoms with Crippen molar-refractivity contribution in [2.75, 3.05) is 6.54 Å². The summed E-state index contributed by atoms with van der Waals surface area (Å²) in [5, 5.41) is 0. The summed E-state index contributed by atoms with van der Waals surface area (Å²) in [4.78, 5) is 37.5. The zero-order valence-corrected chi connectivity index (χ0v) is 14.1. The van der Waals surface area contributed by atoms with Gasteiger partial charge in [-0.15, -0.1) is 0 Å². The molecule has 4 heterocycles. The fourth-order valence-electron chi connectivity index (χ4n) is 3.88. The van der Waals surface area contributed by atoms with E-state index < -0.39 is 0 Å². The number of amides is 2. The molecular formula is C19H20N4O2. The molecule has 0 aromatic carbocycles. The minimum absolute atomic E-state index is 0.0565. The van der Waals surface area contributed by atoms with E-state index in [1.54, 1.807) is 18.5 Å². The molecule has 2 fully saturated rings. The monoisotopic (exact) mass is 336 g/mol. The number of pyridine rings is 2. The van der Waals surface area contributed by atoms with E-state index in [1.807, 2.05) is 41.0 Å². The lowest BCUT2D eigenvalue weighted by Gasteiger charge is -2.25. The molecule has 6 nitrogen and oxygen atoms in total. The molecule has 2 aromatic heterocycles. The minimum atomic E-state index is -0.0766. The molecule has 0 spiro atoms. The second-order valence-corrected chi connectivity index (χ2v) is 6.67. The molecule has 2 aliphatic heterocycles. The number of rotatable bonds is 3. The Kier molecular flexibility index (Phi) is 3.95. The predicted octanol–water partition coefficient (Wildman–Crippen LogP) is 1.80. The van der Waals surface area contributed by atoms with Crippen LogP contribution in [0.1, 0.15) is 34.6 Å². The summed E-state index contributed by atoms with van der Waals surface area (Å²) >= 11 is 0. The van der Waals surface area contributed by atoms with Gasteiger partial charge >= 0.3 is 0 Å². The molecule has 2 amide bonds. The van der Waals surface area contributed by atoms with E-state index in [0.29, 0.717) is 25.2 Å². The van der Waals surface area contributed by atoms with Crippen LogP contribution in [0.3, 0.4) is 0 Å². The number of hydrogen-bond donors (Lipinski definition) is 0. The molecule has 128 valence electrons. The summed E-state index contributed by atoms with van der Waals surface area (Å²) < 4.78 is 0. The van der Waals surface area contributed by atoms with E-state index in [9.17, 15) is 9.59 Å². The molecule has 2 aromatic rings. The van der Waals surface area contributed by atoms with Crippen molar-refractivity contribution < 1.29 is 9.59 Å². The van der Waals surface area contributed by atoms with E-state index in [2.05, 4.69) is 9.97 Å². The first kappa shape index (κ1) is 15.7. The van der Waals surface area contributed by atoms with Crippen LogP contribution >= 0.6 is 0 Å². The van der Waals surface area contributed by atoms with Crippen LogP contribution in [0, 0.1) is 6.92 Å². The first-order valence-corrected chi connectivity index (χ1v) is 8.56. The van der Waals surface area contributed by atoms with Crippen molar-refractivity contribution in [1.82, 2.24) is 19.8 Å². The average Bonchev–Trinajstić information content (AvgIpc) is 3.15. The molecular weight excluding hydrogens is 316 g/mol. The van der Waals surface area contributed by atoms with Gasteiger partial charge in [0.2, 0.25) is 5.91 Å². The van der Waals surface area contributed by atoms with Crippen LogP contribution in [-0.2, 0) is 11.3 Å². The Balaban J connectivity index is 1.52. The molecule has 2 saturated heterocycles. The van der Waals surface area contributed by atoms with Gasteiger partial charge in [0.15, 0.2) is 0 Å². The van der Waals surface area contributed by atoms with Gasteiger partial charge in [0.1, 0.15) is 5.69 Å². The summed E-state index contributed by atoms with van der Waals surface area (Å²) in [5.41, 5.74) is 2.29. The van der Waals surface area contributed by atoms with Gasteiger partial charge in [-0.25, -0.2) is 4.98 Å². The van der Waals surface area contributed by atoms with Crippen molar-refractivity contribution in [3.8, 4) is 0 Å². The number of carbonyl (C=O) groups excluding carboxylic acids is 2. The van der Waals surface area contributed by atoms with Crippen molar-refractivity contribution in [3.05, 3.63) is 59.7 Å². The largest absolute Gasteiger partial charge is 0.333 e. The third-order valence-electron chi connectivity index (χ3n) is 5.06. The smallest absolute Gasteiger partial charge is 0.272 e. The molecule has 2 atom stereocenters. The van der Waals surface area contributed by atoms with Crippen LogP contribution in [0.4, 0.5) is 0 Å². The number of likely N-dealkylation sites (tertiary alicyclic amines) is 2. The van der Waals surface area contributed by atoms with Gasteiger partial charge in [0.25, 0.3) is 5.91 Å². The summed E-state index contributed by atoms with van der Waals surface area (Å²) in [7, 11) is 0. The summed E-state index contributed by atoms with van der Waals surface area (Å²) in [6.45, 7) is 3.09. The van der Waals surface area contributed by atoms with Gasteiger partial charge in [0, 0.05) is 37.6 Å². The van der Waals surface area contributed by atoms with E-state index in [4.69, 9.17) is 0 Å². The van der Waals surface area contributed by atoms with Gasteiger partial charge < -0.3 is 9.80 Å². The Morgan fingerprint density at radius 2 is 2.12 bits per heavy atom. The Morgan fingerprint density at radius 3 is 2.88 bits per heavy atom. The predicted molar refractivity (Wildman–Crippen MR) is 91.6 cm³/mol. The highest BCUT2D eigenvalue weighted by atomic mass is 16.2. The Hall–Kier alpha value is -2.76. The second-order valence-electron chi connectivity index (χ2n) is 6.67. The maximum absolute atomic E-state index is 12.8. The molecule has 0 N–H and O–H groups in total. The standard InChI is InChI=1S/C19H20N4O2/c1-13-4-2-6-15(21-13)19(25)22-9-7-16-17(22)10-18(24)23(16)12-14-5-3-8-20-11-14/h2-6,8,11,16-17H,7,9-10,12H2,1H3/t16-,17+/m1/s1. The zero-order valence-electron chi connectivity index (χ0n) is 14.1. The number of nitrogens with zero attached hydrogens (tertiary/aromatic N) is 4. The van der Waals surface area contributed by atoms with Crippen LogP contribution < -0.4 is 0 Å². The molecule has 0 saturated carbocycles. The van der Waals surface area contributed by atoms with Crippen LogP contribution in [0.25, 0.3) is 0 Å². The highest BCUT2D eigenvalue weighted by Gasteiger charge is 2.48. The van der Waals surface area contributed by atoms with Crippen LogP contribution in [0.15, 0.2) is 42.7 Å². The molecule has 0 aliphatic carbocycles. The third-order valence-corrected chi connectivity index (χ3v) is 5.06. The lowest BCUT2D eigenvalue weighted by atomic mass is 10.1. The molecule has 0 radical (unpaired) electrons. The first-order valence-electron chi connectivity index (χ1n) is 8.56. The average molecular weight is 336 g/mol. The van der Waals surface area contributed by atoms with Crippen LogP contribution in [0.2, 0.25) is 0 Å². The number of hydrogen-bond acceptors (Lipinski definition) is 4. The normalized spacial score (nSPS) is 22.4. The number of fused-ring (bicyclic) bond motifs is 1. The third kappa shape index (κ3) is 2.88. The minimum Gasteiger partial charge on any atom is -0.333 e. The SMILES string of the molecule is Cc1cccc(C(=O)N2CC[C@@H]3[C@@H]2CC(=O)N3Cc2cccnc2)n1. The molecule has 0 bridgehead atoms. The highest BCUT2D eigenvalue weighted by Crippen LogP contribution is 2.34. The van der Waals surface area contributed by atoms with E-state index in [1.165, 1.54) is 0 Å². The lowest BCUT2D eigenvalue weighted by molar-refractivity contribution is -0.129. The van der Waals surface area contributed by atoms with Crippen molar-refractivity contribution in [3.63, 3.8) is 0 Å². The summed E-state index contributed by atoms with van der Waals surface area (Å²) in [6, 6.07) is 9.34. The van der Waals surface area contributed by atoms with Crippen molar-refractivity contribution in [2.45, 2.75) is 38.4 Å². The maximum Gasteiger partial charge on any atom is 0.272 e. The Morgan fingerprint density at radius 1 is 1.24 bits per heavy atom. The topological polar surface area (TPSA) is 66.4 Å². The molecule has 4 rings (SSSR count). The number of aromatic nitrogens is 2. The molecule has 25 heavy (non-hydrogen) atoms. The number of carbonyl (C=O) groups is 2. The summed E-state index contributed by atoms with van der Waals surface area (Å²) in [5.74, 6) is 0.0285.